The molecule has 0 radical (unpaired) electrons. The van der Waals surface area contributed by atoms with Crippen LogP contribution in [-0.2, 0) is 0 Å². The molecule has 0 aromatic carbocycles. The summed E-state index contributed by atoms with van der Waals surface area (Å²) in [7, 11) is 0. The summed E-state index contributed by atoms with van der Waals surface area (Å²) < 4.78 is 22.6. The molecule has 0 bridgehead atoms. The van der Waals surface area contributed by atoms with Gasteiger partial charge in [-0.15, -0.1) is 0 Å². The molecule has 2 aromatic heterocycles. The van der Waals surface area contributed by atoms with Gasteiger partial charge in [-0.2, -0.15) is 4.37 Å². The van der Waals surface area contributed by atoms with Crippen molar-refractivity contribution in [1.82, 2.24) is 9.36 Å². The second kappa shape index (κ2) is 7.66. The van der Waals surface area contributed by atoms with Gasteiger partial charge in [0.1, 0.15) is 11.2 Å². The second-order valence-corrected chi connectivity index (χ2v) is 5.75. The zero-order chi connectivity index (χ0) is 17.0. The van der Waals surface area contributed by atoms with E-state index in [2.05, 4.69) is 9.36 Å². The summed E-state index contributed by atoms with van der Waals surface area (Å²) in [6.45, 7) is 5.73. The summed E-state index contributed by atoms with van der Waals surface area (Å²) in [6.07, 6.45) is 6.18. The summed E-state index contributed by atoms with van der Waals surface area (Å²) >= 11 is 7.31. The summed E-state index contributed by atoms with van der Waals surface area (Å²) in [4.78, 5) is 16.9. The van der Waals surface area contributed by atoms with Crippen molar-refractivity contribution < 1.29 is 8.81 Å². The number of aromatic nitrogens is 2. The predicted molar refractivity (Wildman–Crippen MR) is 91.7 cm³/mol. The number of fused-ring (bicyclic) bond motifs is 1. The van der Waals surface area contributed by atoms with Gasteiger partial charge in [-0.3, -0.25) is 0 Å². The summed E-state index contributed by atoms with van der Waals surface area (Å²) in [6, 6.07) is 0. The molecule has 0 saturated carbocycles. The highest BCUT2D eigenvalue weighted by molar-refractivity contribution is 7.12. The van der Waals surface area contributed by atoms with Gasteiger partial charge in [0.2, 0.25) is 5.89 Å². The Morgan fingerprint density at radius 1 is 1.43 bits per heavy atom. The Kier molecular flexibility index (Phi) is 5.85. The van der Waals surface area contributed by atoms with Gasteiger partial charge in [-0.25, -0.2) is 14.2 Å². The summed E-state index contributed by atoms with van der Waals surface area (Å²) in [5.74, 6) is -0.606. The first-order valence-corrected chi connectivity index (χ1v) is 8.37. The fraction of sp³-hybridized carbons (Fsp3) is 0.312. The van der Waals surface area contributed by atoms with E-state index in [1.54, 1.807) is 25.2 Å². The molecule has 0 aliphatic heterocycles. The van der Waals surface area contributed by atoms with Gasteiger partial charge in [0.05, 0.1) is 11.6 Å². The average molecular weight is 355 g/mol. The van der Waals surface area contributed by atoms with E-state index in [1.165, 1.54) is 6.08 Å². The summed E-state index contributed by atoms with van der Waals surface area (Å²) in [5, 5.41) is 0.760. The SMILES string of the molecule is CC.Cc1nsc2nc(C3C=C/C=C(/F)C/C=C\3Cl)oc(=O)c12. The van der Waals surface area contributed by atoms with Crippen molar-refractivity contribution in [3.63, 3.8) is 0 Å². The van der Waals surface area contributed by atoms with Crippen LogP contribution in [0.25, 0.3) is 10.2 Å². The molecule has 122 valence electrons. The van der Waals surface area contributed by atoms with Crippen molar-refractivity contribution >= 4 is 33.4 Å². The van der Waals surface area contributed by atoms with Crippen molar-refractivity contribution in [3.8, 4) is 0 Å². The highest BCUT2D eigenvalue weighted by Gasteiger charge is 2.21. The van der Waals surface area contributed by atoms with Gasteiger partial charge in [-0.1, -0.05) is 43.7 Å². The Morgan fingerprint density at radius 2 is 2.17 bits per heavy atom. The second-order valence-electron chi connectivity index (χ2n) is 4.56. The molecule has 1 unspecified atom stereocenters. The Labute approximate surface area is 142 Å². The normalized spacial score (nSPS) is 22.2. The van der Waals surface area contributed by atoms with E-state index < -0.39 is 11.5 Å². The van der Waals surface area contributed by atoms with E-state index in [0.29, 0.717) is 20.9 Å². The number of hydrogen-bond donors (Lipinski definition) is 0. The van der Waals surface area contributed by atoms with Crippen molar-refractivity contribution in [3.05, 3.63) is 57.2 Å². The number of halogens is 2. The lowest BCUT2D eigenvalue weighted by Gasteiger charge is -2.11. The van der Waals surface area contributed by atoms with Crippen LogP contribution in [-0.4, -0.2) is 9.36 Å². The molecule has 1 atom stereocenters. The first kappa shape index (κ1) is 17.6. The van der Waals surface area contributed by atoms with Gasteiger partial charge in [0.25, 0.3) is 0 Å². The van der Waals surface area contributed by atoms with Crippen LogP contribution in [0.15, 0.2) is 44.4 Å². The molecular weight excluding hydrogens is 339 g/mol. The molecule has 2 aromatic rings. The monoisotopic (exact) mass is 354 g/mol. The smallest absolute Gasteiger partial charge is 0.349 e. The van der Waals surface area contributed by atoms with Crippen molar-refractivity contribution in [1.29, 1.82) is 0 Å². The van der Waals surface area contributed by atoms with E-state index in [1.807, 2.05) is 13.8 Å². The van der Waals surface area contributed by atoms with Crippen LogP contribution in [0.4, 0.5) is 4.39 Å². The Bertz CT molecular complexity index is 851. The van der Waals surface area contributed by atoms with E-state index in [0.717, 1.165) is 11.5 Å². The molecule has 7 heteroatoms. The van der Waals surface area contributed by atoms with Gasteiger partial charge >= 0.3 is 5.63 Å². The van der Waals surface area contributed by atoms with Crippen molar-refractivity contribution in [2.75, 3.05) is 0 Å². The highest BCUT2D eigenvalue weighted by atomic mass is 35.5. The maximum atomic E-state index is 13.2. The Hall–Kier alpha value is -1.79. The molecule has 3 rings (SSSR count). The quantitative estimate of drug-likeness (QED) is 0.723. The average Bonchev–Trinajstić information content (AvgIpc) is 2.91. The van der Waals surface area contributed by atoms with Crippen LogP contribution in [0.3, 0.4) is 0 Å². The Balaban J connectivity index is 0.000000924. The molecule has 1 aliphatic carbocycles. The lowest BCUT2D eigenvalue weighted by atomic mass is 10.1. The number of hydrogen-bond acceptors (Lipinski definition) is 5. The molecule has 23 heavy (non-hydrogen) atoms. The minimum Gasteiger partial charge on any atom is -0.407 e. The van der Waals surface area contributed by atoms with Gasteiger partial charge in [-0.05, 0) is 24.5 Å². The Morgan fingerprint density at radius 3 is 2.91 bits per heavy atom. The predicted octanol–water partition coefficient (Wildman–Crippen LogP) is 5.00. The van der Waals surface area contributed by atoms with E-state index >= 15 is 0 Å². The maximum absolute atomic E-state index is 13.2. The van der Waals surface area contributed by atoms with Crippen LogP contribution in [0, 0.1) is 6.92 Å². The van der Waals surface area contributed by atoms with Crippen molar-refractivity contribution in [2.24, 2.45) is 0 Å². The van der Waals surface area contributed by atoms with E-state index in [9.17, 15) is 9.18 Å². The third-order valence-electron chi connectivity index (χ3n) is 3.09. The number of rotatable bonds is 1. The molecule has 0 N–H and O–H groups in total. The third-order valence-corrected chi connectivity index (χ3v) is 4.32. The molecule has 1 aliphatic rings. The molecule has 0 fully saturated rings. The number of nitrogens with zero attached hydrogens (tertiary/aromatic N) is 2. The van der Waals surface area contributed by atoms with Crippen LogP contribution in [0.1, 0.15) is 37.8 Å². The summed E-state index contributed by atoms with van der Waals surface area (Å²) in [5.41, 5.74) is 0.116. The third kappa shape index (κ3) is 3.76. The number of aryl methyl sites for hydroxylation is 1. The zero-order valence-corrected chi connectivity index (χ0v) is 14.5. The van der Waals surface area contributed by atoms with Crippen LogP contribution >= 0.6 is 23.1 Å². The molecule has 0 spiro atoms. The zero-order valence-electron chi connectivity index (χ0n) is 13.0. The largest absolute Gasteiger partial charge is 0.407 e. The lowest BCUT2D eigenvalue weighted by Crippen LogP contribution is -2.08. The van der Waals surface area contributed by atoms with Crippen LogP contribution in [0.2, 0.25) is 0 Å². The topological polar surface area (TPSA) is 56.0 Å². The molecule has 4 nitrogen and oxygen atoms in total. The van der Waals surface area contributed by atoms with E-state index in [-0.39, 0.29) is 18.1 Å². The fourth-order valence-electron chi connectivity index (χ4n) is 2.02. The van der Waals surface area contributed by atoms with Gasteiger partial charge < -0.3 is 4.42 Å². The lowest BCUT2D eigenvalue weighted by molar-refractivity contribution is 0.442. The van der Waals surface area contributed by atoms with Crippen LogP contribution in [0.5, 0.6) is 0 Å². The molecule has 0 amide bonds. The van der Waals surface area contributed by atoms with E-state index in [4.69, 9.17) is 16.0 Å². The van der Waals surface area contributed by atoms with Crippen molar-refractivity contribution in [2.45, 2.75) is 33.1 Å². The first-order valence-electron chi connectivity index (χ1n) is 7.21. The molecule has 2 heterocycles. The van der Waals surface area contributed by atoms with Gasteiger partial charge in [0.15, 0.2) is 4.83 Å². The minimum absolute atomic E-state index is 0.103. The standard InChI is InChI=1S/C14H10ClFN2O2S.C2H6/c1-7-11-13(21-18-7)17-12(20-14(11)19)9-4-2-3-8(16)5-6-10(9)15;1-2/h2-4,6,9H,5H2,1H3;1-2H3/b4-2?,8-3+,10-6+;. The first-order chi connectivity index (χ1) is 11.1. The van der Waals surface area contributed by atoms with Gasteiger partial charge in [0, 0.05) is 11.5 Å². The molecule has 0 saturated heterocycles. The van der Waals surface area contributed by atoms with Crippen LogP contribution < -0.4 is 5.63 Å². The number of allylic oxidation sites excluding steroid dienone is 6. The maximum Gasteiger partial charge on any atom is 0.349 e. The minimum atomic E-state index is -0.504. The molecular formula is C16H16ClFN2O2S. The fourth-order valence-corrected chi connectivity index (χ4v) is 3.04. The highest BCUT2D eigenvalue weighted by Crippen LogP contribution is 2.31.